The summed E-state index contributed by atoms with van der Waals surface area (Å²) in [7, 11) is 0. The van der Waals surface area contributed by atoms with Crippen molar-refractivity contribution in [2.45, 2.75) is 18.8 Å². The van der Waals surface area contributed by atoms with E-state index >= 15 is 0 Å². The van der Waals surface area contributed by atoms with E-state index in [2.05, 4.69) is 30.1 Å². The number of fused-ring (bicyclic) bond motifs is 8. The molecule has 2 atom stereocenters. The fraction of sp³-hybridized carbons (Fsp3) is 0.107. The molecule has 1 amide bonds. The third-order valence-electron chi connectivity index (χ3n) is 6.47. The molecule has 34 heavy (non-hydrogen) atoms. The molecule has 0 radical (unpaired) electrons. The smallest absolute Gasteiger partial charge is 0.251 e. The molecule has 4 nitrogen and oxygen atoms in total. The van der Waals surface area contributed by atoms with Crippen molar-refractivity contribution in [3.8, 4) is 10.4 Å². The van der Waals surface area contributed by atoms with Crippen LogP contribution >= 0.6 is 22.9 Å². The average molecular weight is 485 g/mol. The van der Waals surface area contributed by atoms with Crippen LogP contribution in [0.5, 0.6) is 0 Å². The fourth-order valence-corrected chi connectivity index (χ4v) is 5.77. The predicted molar refractivity (Wildman–Crippen MR) is 137 cm³/mol. The number of nitrogens with two attached hydrogens (primary N) is 1. The minimum atomic E-state index is -0.157. The van der Waals surface area contributed by atoms with Gasteiger partial charge in [-0.2, -0.15) is 0 Å². The Morgan fingerprint density at radius 2 is 1.59 bits per heavy atom. The van der Waals surface area contributed by atoms with E-state index in [0.717, 1.165) is 37.0 Å². The van der Waals surface area contributed by atoms with Crippen LogP contribution in [0.25, 0.3) is 16.1 Å². The normalized spacial score (nSPS) is 17.3. The molecule has 2 aliphatic heterocycles. The Hall–Kier alpha value is -3.38. The monoisotopic (exact) mass is 484 g/mol. The number of benzene rings is 3. The highest BCUT2D eigenvalue weighted by atomic mass is 35.5. The highest BCUT2D eigenvalue weighted by Crippen LogP contribution is 2.55. The van der Waals surface area contributed by atoms with Crippen LogP contribution in [0.1, 0.15) is 55.9 Å². The van der Waals surface area contributed by atoms with E-state index < -0.39 is 0 Å². The Balaban J connectivity index is 1.22. The van der Waals surface area contributed by atoms with Crippen molar-refractivity contribution >= 4 is 34.5 Å². The third kappa shape index (κ3) is 3.53. The van der Waals surface area contributed by atoms with Gasteiger partial charge in [-0.3, -0.25) is 4.79 Å². The van der Waals surface area contributed by atoms with Crippen molar-refractivity contribution < 1.29 is 9.53 Å². The van der Waals surface area contributed by atoms with Crippen LogP contribution in [0, 0.1) is 0 Å². The first-order valence-electron chi connectivity index (χ1n) is 11.0. The Kier molecular flexibility index (Phi) is 5.06. The van der Waals surface area contributed by atoms with E-state index in [1.54, 1.807) is 11.3 Å². The lowest BCUT2D eigenvalue weighted by Gasteiger charge is -2.17. The van der Waals surface area contributed by atoms with E-state index in [4.69, 9.17) is 22.1 Å². The number of nitrogens with one attached hydrogen (secondary N) is 1. The van der Waals surface area contributed by atoms with Crippen molar-refractivity contribution in [2.24, 2.45) is 5.73 Å². The SMILES string of the molecule is C=C(N)c1ccc(CNC(=O)c2ccc3c(c2)[C@@H]2O[C@H]3c3ccc(-c4ccc(Cl)s4)cc32)cc1. The molecule has 0 saturated heterocycles. The molecule has 2 aliphatic rings. The summed E-state index contributed by atoms with van der Waals surface area (Å²) in [6, 6.07) is 24.0. The summed E-state index contributed by atoms with van der Waals surface area (Å²) in [6.45, 7) is 4.18. The molecule has 3 N–H and O–H groups in total. The number of hydrogen-bond donors (Lipinski definition) is 2. The Bertz CT molecular complexity index is 1460. The molecule has 4 aromatic rings. The highest BCUT2D eigenvalue weighted by Gasteiger charge is 2.43. The van der Waals surface area contributed by atoms with Gasteiger partial charge in [0.15, 0.2) is 0 Å². The van der Waals surface area contributed by atoms with Crippen LogP contribution in [0.15, 0.2) is 79.4 Å². The van der Waals surface area contributed by atoms with Gasteiger partial charge in [-0.05, 0) is 69.3 Å². The zero-order chi connectivity index (χ0) is 23.4. The van der Waals surface area contributed by atoms with Gasteiger partial charge in [0.1, 0.15) is 12.2 Å². The lowest BCUT2D eigenvalue weighted by Crippen LogP contribution is -2.23. The van der Waals surface area contributed by atoms with Gasteiger partial charge in [-0.15, -0.1) is 11.3 Å². The van der Waals surface area contributed by atoms with E-state index in [-0.39, 0.29) is 18.1 Å². The van der Waals surface area contributed by atoms with Gasteiger partial charge in [-0.1, -0.05) is 60.6 Å². The molecular formula is C28H21ClN2O2S. The maximum Gasteiger partial charge on any atom is 0.251 e. The first kappa shape index (κ1) is 21.2. The van der Waals surface area contributed by atoms with Crippen molar-refractivity contribution in [1.82, 2.24) is 5.32 Å². The first-order valence-corrected chi connectivity index (χ1v) is 12.2. The van der Waals surface area contributed by atoms with Gasteiger partial charge in [0.2, 0.25) is 0 Å². The van der Waals surface area contributed by atoms with Gasteiger partial charge in [0.25, 0.3) is 5.91 Å². The maximum absolute atomic E-state index is 12.9. The molecular weight excluding hydrogens is 464 g/mol. The first-order chi connectivity index (χ1) is 16.5. The summed E-state index contributed by atoms with van der Waals surface area (Å²) in [5.41, 5.74) is 14.5. The van der Waals surface area contributed by atoms with Crippen LogP contribution < -0.4 is 11.1 Å². The van der Waals surface area contributed by atoms with Gasteiger partial charge >= 0.3 is 0 Å². The zero-order valence-electron chi connectivity index (χ0n) is 18.2. The second-order valence-electron chi connectivity index (χ2n) is 8.59. The minimum Gasteiger partial charge on any atom is -0.399 e. The topological polar surface area (TPSA) is 64.3 Å². The summed E-state index contributed by atoms with van der Waals surface area (Å²) in [5, 5.41) is 3.01. The number of amides is 1. The highest BCUT2D eigenvalue weighted by molar-refractivity contribution is 7.19. The van der Waals surface area contributed by atoms with Crippen LogP contribution in [-0.4, -0.2) is 5.91 Å². The van der Waals surface area contributed by atoms with Gasteiger partial charge in [0.05, 0.1) is 4.34 Å². The molecule has 3 aromatic carbocycles. The number of thiophene rings is 1. The van der Waals surface area contributed by atoms with E-state index in [0.29, 0.717) is 17.8 Å². The quantitative estimate of drug-likeness (QED) is 0.342. The van der Waals surface area contributed by atoms with E-state index in [1.165, 1.54) is 11.1 Å². The number of carbonyl (C=O) groups excluding carboxylic acids is 1. The van der Waals surface area contributed by atoms with E-state index in [1.807, 2.05) is 54.6 Å². The Morgan fingerprint density at radius 1 is 0.912 bits per heavy atom. The largest absolute Gasteiger partial charge is 0.399 e. The van der Waals surface area contributed by atoms with Crippen LogP contribution in [0.2, 0.25) is 4.34 Å². The fourth-order valence-electron chi connectivity index (χ4n) is 4.73. The summed E-state index contributed by atoms with van der Waals surface area (Å²) >= 11 is 7.70. The number of hydrogen-bond acceptors (Lipinski definition) is 4. The third-order valence-corrected chi connectivity index (χ3v) is 7.75. The van der Waals surface area contributed by atoms with Crippen LogP contribution in [0.3, 0.4) is 0 Å². The molecule has 6 rings (SSSR count). The Morgan fingerprint density at radius 3 is 2.29 bits per heavy atom. The van der Waals surface area contributed by atoms with Crippen LogP contribution in [0.4, 0.5) is 0 Å². The molecule has 6 heteroatoms. The molecule has 3 heterocycles. The number of ether oxygens (including phenoxy) is 1. The molecule has 0 spiro atoms. The second-order valence-corrected chi connectivity index (χ2v) is 10.3. The molecule has 168 valence electrons. The number of carbonyl (C=O) groups is 1. The predicted octanol–water partition coefficient (Wildman–Crippen LogP) is 6.45. The lowest BCUT2D eigenvalue weighted by atomic mass is 9.84. The number of rotatable bonds is 5. The summed E-state index contributed by atoms with van der Waals surface area (Å²) in [4.78, 5) is 14.0. The van der Waals surface area contributed by atoms with Gasteiger partial charge in [0, 0.05) is 22.7 Å². The zero-order valence-corrected chi connectivity index (χ0v) is 19.7. The Labute approximate surface area is 206 Å². The summed E-state index contributed by atoms with van der Waals surface area (Å²) in [5.74, 6) is -0.111. The molecule has 0 saturated carbocycles. The van der Waals surface area contributed by atoms with Gasteiger partial charge < -0.3 is 15.8 Å². The van der Waals surface area contributed by atoms with E-state index in [9.17, 15) is 4.79 Å². The second kappa shape index (κ2) is 8.13. The molecule has 1 aromatic heterocycles. The molecule has 0 fully saturated rings. The maximum atomic E-state index is 12.9. The van der Waals surface area contributed by atoms with Crippen molar-refractivity contribution in [3.63, 3.8) is 0 Å². The van der Waals surface area contributed by atoms with Crippen LogP contribution in [-0.2, 0) is 11.3 Å². The lowest BCUT2D eigenvalue weighted by molar-refractivity contribution is 0.0857. The van der Waals surface area contributed by atoms with Crippen molar-refractivity contribution in [3.05, 3.63) is 123 Å². The number of halogens is 1. The average Bonchev–Trinajstić information content (AvgIpc) is 3.56. The molecule has 0 aliphatic carbocycles. The van der Waals surface area contributed by atoms with Gasteiger partial charge in [-0.25, -0.2) is 0 Å². The standard InChI is InChI=1S/C28H21ClN2O2S/c1-15(30)17-4-2-16(3-5-17)14-31-28(32)19-7-9-21-23(13-19)27-22-12-18(24-10-11-25(29)34-24)6-8-20(22)26(21)33-27/h2-13,26-27H,1,14,30H2,(H,31,32)/t26-,27+/m0/s1. The minimum absolute atomic E-state index is 0.0797. The summed E-state index contributed by atoms with van der Waals surface area (Å²) < 4.78 is 7.11. The molecule has 0 unspecified atom stereocenters. The summed E-state index contributed by atoms with van der Waals surface area (Å²) in [6.07, 6.45) is -0.237. The van der Waals surface area contributed by atoms with Crippen molar-refractivity contribution in [2.75, 3.05) is 0 Å². The molecule has 2 bridgehead atoms. The van der Waals surface area contributed by atoms with Crippen molar-refractivity contribution in [1.29, 1.82) is 0 Å².